The van der Waals surface area contributed by atoms with Crippen LogP contribution >= 0.6 is 0 Å². The maximum absolute atomic E-state index is 3.89. The van der Waals surface area contributed by atoms with Crippen molar-refractivity contribution in [3.63, 3.8) is 0 Å². The molecule has 0 spiro atoms. The Morgan fingerprint density at radius 1 is 0.800 bits per heavy atom. The molecule has 1 aromatic rings. The molecule has 2 rings (SSSR count). The zero-order valence-corrected chi connectivity index (χ0v) is 5.72. The third kappa shape index (κ3) is 0.508. The smallest absolute Gasteiger partial charge is 0.0111 e. The van der Waals surface area contributed by atoms with Crippen LogP contribution in [0, 0.1) is 0 Å². The van der Waals surface area contributed by atoms with Crippen molar-refractivity contribution in [2.24, 2.45) is 0 Å². The summed E-state index contributed by atoms with van der Waals surface area (Å²) in [5, 5.41) is 2.20. The normalized spacial score (nSPS) is 12.4. The Kier molecular flexibility index (Phi) is 0.877. The minimum atomic E-state index is 1.10. The summed E-state index contributed by atoms with van der Waals surface area (Å²) in [5.74, 6) is 0. The van der Waals surface area contributed by atoms with E-state index in [1.54, 1.807) is 0 Å². The fourth-order valence-electron chi connectivity index (χ4n) is 1.19. The monoisotopic (exact) mass is 128 g/mol. The number of hydrogen-bond acceptors (Lipinski definition) is 0. The first-order chi connectivity index (χ1) is 4.79. The zero-order chi connectivity index (χ0) is 7.14. The quantitative estimate of drug-likeness (QED) is 0.496. The van der Waals surface area contributed by atoms with Gasteiger partial charge < -0.3 is 0 Å². The summed E-state index contributed by atoms with van der Waals surface area (Å²) >= 11 is 0. The molecule has 0 aliphatic heterocycles. The molecule has 0 nitrogen and oxygen atoms in total. The summed E-state index contributed by atoms with van der Waals surface area (Å²) in [6.07, 6.45) is 4.15. The molecule has 0 radical (unpaired) electrons. The lowest BCUT2D eigenvalue weighted by Crippen LogP contribution is -2.18. The molecule has 0 aromatic heterocycles. The summed E-state index contributed by atoms with van der Waals surface area (Å²) in [6, 6.07) is 4.01. The molecule has 1 aliphatic carbocycles. The third-order valence-corrected chi connectivity index (χ3v) is 1.88. The van der Waals surface area contributed by atoms with Gasteiger partial charge >= 0.3 is 0 Å². The van der Waals surface area contributed by atoms with Crippen molar-refractivity contribution in [3.05, 3.63) is 33.7 Å². The third-order valence-electron chi connectivity index (χ3n) is 1.88. The molecule has 0 amide bonds. The summed E-state index contributed by atoms with van der Waals surface area (Å²) in [7, 11) is 0. The standard InChI is InChI=1S/C10H8/c1-7-3-4-8(2)10-6-5-9(7)10/h3-6H,1-2H2. The maximum Gasteiger partial charge on any atom is -0.0111 e. The van der Waals surface area contributed by atoms with Crippen molar-refractivity contribution in [1.29, 1.82) is 0 Å². The van der Waals surface area contributed by atoms with Gasteiger partial charge in [0.1, 0.15) is 0 Å². The number of benzene rings is 1. The van der Waals surface area contributed by atoms with Crippen LogP contribution in [0.25, 0.3) is 25.3 Å². The van der Waals surface area contributed by atoms with Crippen molar-refractivity contribution in [3.8, 4) is 0 Å². The molecule has 0 heteroatoms. The van der Waals surface area contributed by atoms with Gasteiger partial charge in [-0.25, -0.2) is 0 Å². The lowest BCUT2D eigenvalue weighted by atomic mass is 9.95. The molecule has 48 valence electrons. The van der Waals surface area contributed by atoms with Crippen LogP contribution in [0.3, 0.4) is 0 Å². The molecular weight excluding hydrogens is 120 g/mol. The summed E-state index contributed by atoms with van der Waals surface area (Å²) in [6.45, 7) is 7.79. The molecule has 0 fully saturated rings. The van der Waals surface area contributed by atoms with Crippen LogP contribution in [0.5, 0.6) is 0 Å². The molecular formula is C10H8. The van der Waals surface area contributed by atoms with Gasteiger partial charge in [-0.3, -0.25) is 0 Å². The summed E-state index contributed by atoms with van der Waals surface area (Å²) in [5.41, 5.74) is 2.51. The highest BCUT2D eigenvalue weighted by molar-refractivity contribution is 5.85. The average molecular weight is 128 g/mol. The van der Waals surface area contributed by atoms with E-state index in [1.165, 1.54) is 11.1 Å². The largest absolute Gasteiger partial charge is 0.0911 e. The van der Waals surface area contributed by atoms with Gasteiger partial charge in [0.05, 0.1) is 0 Å². The van der Waals surface area contributed by atoms with E-state index in [4.69, 9.17) is 0 Å². The van der Waals surface area contributed by atoms with E-state index >= 15 is 0 Å². The molecule has 0 saturated carbocycles. The van der Waals surface area contributed by atoms with E-state index in [0.29, 0.717) is 0 Å². The van der Waals surface area contributed by atoms with E-state index in [2.05, 4.69) is 25.3 Å². The number of rotatable bonds is 0. The Hall–Kier alpha value is -1.30. The fourth-order valence-corrected chi connectivity index (χ4v) is 1.19. The van der Waals surface area contributed by atoms with Gasteiger partial charge in [-0.2, -0.15) is 0 Å². The Bertz CT molecular complexity index is 358. The molecule has 0 heterocycles. The zero-order valence-electron chi connectivity index (χ0n) is 5.72. The first-order valence-corrected chi connectivity index (χ1v) is 3.28. The van der Waals surface area contributed by atoms with Crippen LogP contribution in [0.4, 0.5) is 0 Å². The van der Waals surface area contributed by atoms with E-state index < -0.39 is 0 Å². The highest BCUT2D eigenvalue weighted by atomic mass is 14.1. The first kappa shape index (κ1) is 5.48. The van der Waals surface area contributed by atoms with E-state index in [9.17, 15) is 0 Å². The minimum Gasteiger partial charge on any atom is -0.0911 e. The molecule has 1 aliphatic rings. The summed E-state index contributed by atoms with van der Waals surface area (Å²) in [4.78, 5) is 0. The van der Waals surface area contributed by atoms with Gasteiger partial charge in [0, 0.05) is 0 Å². The van der Waals surface area contributed by atoms with Crippen molar-refractivity contribution in [2.75, 3.05) is 0 Å². The molecule has 10 heavy (non-hydrogen) atoms. The van der Waals surface area contributed by atoms with Gasteiger partial charge in [-0.15, -0.1) is 0 Å². The van der Waals surface area contributed by atoms with Crippen LogP contribution in [0.2, 0.25) is 0 Å². The SMILES string of the molecule is C=c1ccc(=C)c2c1C=C2. The van der Waals surface area contributed by atoms with Crippen LogP contribution in [-0.2, 0) is 0 Å². The van der Waals surface area contributed by atoms with Crippen LogP contribution in [0.15, 0.2) is 12.1 Å². The number of fused-ring (bicyclic) bond motifs is 1. The Morgan fingerprint density at radius 2 is 1.20 bits per heavy atom. The second kappa shape index (κ2) is 1.60. The highest BCUT2D eigenvalue weighted by Gasteiger charge is 2.04. The van der Waals surface area contributed by atoms with E-state index in [0.717, 1.165) is 10.4 Å². The molecule has 0 saturated heterocycles. The van der Waals surface area contributed by atoms with Crippen LogP contribution < -0.4 is 10.4 Å². The van der Waals surface area contributed by atoms with Gasteiger partial charge in [-0.05, 0) is 21.6 Å². The van der Waals surface area contributed by atoms with Gasteiger partial charge in [0.2, 0.25) is 0 Å². The highest BCUT2D eigenvalue weighted by Crippen LogP contribution is 2.14. The Labute approximate surface area is 59.8 Å². The molecule has 0 bridgehead atoms. The van der Waals surface area contributed by atoms with Gasteiger partial charge in [0.15, 0.2) is 0 Å². The topological polar surface area (TPSA) is 0 Å². The molecule has 0 atom stereocenters. The maximum atomic E-state index is 3.89. The lowest BCUT2D eigenvalue weighted by molar-refractivity contribution is 1.46. The second-order valence-electron chi connectivity index (χ2n) is 2.54. The van der Waals surface area contributed by atoms with Crippen molar-refractivity contribution < 1.29 is 0 Å². The second-order valence-corrected chi connectivity index (χ2v) is 2.54. The van der Waals surface area contributed by atoms with Crippen LogP contribution in [0.1, 0.15) is 11.1 Å². The predicted molar refractivity (Wildman–Crippen MR) is 45.7 cm³/mol. The van der Waals surface area contributed by atoms with Crippen molar-refractivity contribution >= 4 is 25.3 Å². The fraction of sp³-hybridized carbons (Fsp3) is 0. The predicted octanol–water partition coefficient (Wildman–Crippen LogP) is 0.991. The molecule has 0 N–H and O–H groups in total. The van der Waals surface area contributed by atoms with Gasteiger partial charge in [0.25, 0.3) is 0 Å². The van der Waals surface area contributed by atoms with Gasteiger partial charge in [-0.1, -0.05) is 37.4 Å². The molecule has 1 aromatic carbocycles. The Balaban J connectivity index is 2.97. The van der Waals surface area contributed by atoms with E-state index in [-0.39, 0.29) is 0 Å². The number of hydrogen-bond donors (Lipinski definition) is 0. The molecule has 0 unspecified atom stereocenters. The Morgan fingerprint density at radius 3 is 1.50 bits per heavy atom. The minimum absolute atomic E-state index is 1.10. The van der Waals surface area contributed by atoms with Crippen LogP contribution in [-0.4, -0.2) is 0 Å². The average Bonchev–Trinajstić information content (AvgIpc) is 1.78. The first-order valence-electron chi connectivity index (χ1n) is 3.28. The summed E-state index contributed by atoms with van der Waals surface area (Å²) < 4.78 is 0. The lowest BCUT2D eigenvalue weighted by Gasteiger charge is -2.10. The van der Waals surface area contributed by atoms with Crippen molar-refractivity contribution in [2.45, 2.75) is 0 Å². The van der Waals surface area contributed by atoms with Crippen molar-refractivity contribution in [1.82, 2.24) is 0 Å². The van der Waals surface area contributed by atoms with E-state index in [1.807, 2.05) is 12.1 Å².